The van der Waals surface area contributed by atoms with Gasteiger partial charge in [0.05, 0.1) is 23.4 Å². The minimum absolute atomic E-state index is 0.244. The fraction of sp³-hybridized carbons (Fsp3) is 0.368. The number of methoxy groups -OCH3 is 1. The molecule has 26 heavy (non-hydrogen) atoms. The lowest BCUT2D eigenvalue weighted by Crippen LogP contribution is -2.27. The summed E-state index contributed by atoms with van der Waals surface area (Å²) >= 11 is 1.42. The Hall–Kier alpha value is -2.54. The van der Waals surface area contributed by atoms with E-state index < -0.39 is 11.7 Å². The molecule has 0 saturated heterocycles. The van der Waals surface area contributed by atoms with Gasteiger partial charge in [0.2, 0.25) is 0 Å². The number of carbonyl (C=O) groups is 2. The van der Waals surface area contributed by atoms with Gasteiger partial charge in [0.15, 0.2) is 0 Å². The molecule has 6 nitrogen and oxygen atoms in total. The summed E-state index contributed by atoms with van der Waals surface area (Å²) in [6.45, 7) is 9.28. The van der Waals surface area contributed by atoms with E-state index in [0.717, 1.165) is 10.4 Å². The van der Waals surface area contributed by atoms with Gasteiger partial charge in [-0.05, 0) is 58.4 Å². The normalized spacial score (nSPS) is 11.0. The first kappa shape index (κ1) is 19.8. The topological polar surface area (TPSA) is 76.7 Å². The molecule has 0 aliphatic carbocycles. The molecule has 1 aromatic heterocycles. The lowest BCUT2D eigenvalue weighted by atomic mass is 10.2. The molecule has 2 amide bonds. The van der Waals surface area contributed by atoms with Crippen LogP contribution in [0.3, 0.4) is 0 Å². The SMILES string of the molecule is COc1ccc(NC(=O)OC(C)(C)C)c(NC(=O)c2cc(C)c(C)s2)c1. The highest BCUT2D eigenvalue weighted by Crippen LogP contribution is 2.29. The fourth-order valence-corrected chi connectivity index (χ4v) is 3.07. The van der Waals surface area contributed by atoms with Crippen LogP contribution in [0.5, 0.6) is 5.75 Å². The number of aryl methyl sites for hydroxylation is 2. The number of hydrogen-bond acceptors (Lipinski definition) is 5. The zero-order valence-corrected chi connectivity index (χ0v) is 16.7. The number of thiophene rings is 1. The van der Waals surface area contributed by atoms with E-state index in [1.54, 1.807) is 39.0 Å². The van der Waals surface area contributed by atoms with E-state index in [1.807, 2.05) is 19.9 Å². The minimum Gasteiger partial charge on any atom is -0.497 e. The van der Waals surface area contributed by atoms with Crippen molar-refractivity contribution in [3.05, 3.63) is 39.6 Å². The van der Waals surface area contributed by atoms with Crippen molar-refractivity contribution in [2.75, 3.05) is 17.7 Å². The van der Waals surface area contributed by atoms with Crippen LogP contribution in [0.4, 0.5) is 16.2 Å². The molecule has 2 aromatic rings. The highest BCUT2D eigenvalue weighted by molar-refractivity contribution is 7.14. The van der Waals surface area contributed by atoms with E-state index in [9.17, 15) is 9.59 Å². The molecule has 0 fully saturated rings. The summed E-state index contributed by atoms with van der Waals surface area (Å²) < 4.78 is 10.5. The summed E-state index contributed by atoms with van der Waals surface area (Å²) in [5, 5.41) is 5.50. The van der Waals surface area contributed by atoms with Crippen molar-refractivity contribution in [3.63, 3.8) is 0 Å². The van der Waals surface area contributed by atoms with Gasteiger partial charge in [0.1, 0.15) is 11.4 Å². The van der Waals surface area contributed by atoms with E-state index in [4.69, 9.17) is 9.47 Å². The molecule has 1 heterocycles. The maximum atomic E-state index is 12.6. The van der Waals surface area contributed by atoms with Crippen LogP contribution in [0.2, 0.25) is 0 Å². The Bertz CT molecular complexity index is 802. The zero-order chi connectivity index (χ0) is 19.5. The Morgan fingerprint density at radius 1 is 1.04 bits per heavy atom. The molecule has 0 bridgehead atoms. The lowest BCUT2D eigenvalue weighted by Gasteiger charge is -2.20. The zero-order valence-electron chi connectivity index (χ0n) is 15.9. The second-order valence-electron chi connectivity index (χ2n) is 6.84. The maximum Gasteiger partial charge on any atom is 0.412 e. The molecule has 0 aliphatic rings. The summed E-state index contributed by atoms with van der Waals surface area (Å²) in [6.07, 6.45) is -0.596. The average molecular weight is 376 g/mol. The van der Waals surface area contributed by atoms with E-state index >= 15 is 0 Å². The third kappa shape index (κ3) is 5.23. The van der Waals surface area contributed by atoms with Gasteiger partial charge < -0.3 is 14.8 Å². The highest BCUT2D eigenvalue weighted by atomic mass is 32.1. The number of nitrogens with one attached hydrogen (secondary N) is 2. The van der Waals surface area contributed by atoms with Crippen molar-refractivity contribution >= 4 is 34.7 Å². The molecule has 2 rings (SSSR count). The molecule has 0 aliphatic heterocycles. The van der Waals surface area contributed by atoms with E-state index in [0.29, 0.717) is 22.0 Å². The van der Waals surface area contributed by atoms with Crippen LogP contribution in [-0.4, -0.2) is 24.7 Å². The predicted molar refractivity (Wildman–Crippen MR) is 105 cm³/mol. The summed E-state index contributed by atoms with van der Waals surface area (Å²) in [5.74, 6) is 0.320. The van der Waals surface area contributed by atoms with E-state index in [2.05, 4.69) is 10.6 Å². The summed E-state index contributed by atoms with van der Waals surface area (Å²) in [5.41, 5.74) is 1.31. The maximum absolute atomic E-state index is 12.6. The first-order valence-electron chi connectivity index (χ1n) is 8.15. The summed E-state index contributed by atoms with van der Waals surface area (Å²) in [6, 6.07) is 6.85. The van der Waals surface area contributed by atoms with Gasteiger partial charge in [-0.3, -0.25) is 10.1 Å². The second kappa shape index (κ2) is 7.78. The van der Waals surface area contributed by atoms with Crippen molar-refractivity contribution in [2.24, 2.45) is 0 Å². The molecule has 0 radical (unpaired) electrons. The van der Waals surface area contributed by atoms with E-state index in [-0.39, 0.29) is 5.91 Å². The van der Waals surface area contributed by atoms with Crippen molar-refractivity contribution in [1.82, 2.24) is 0 Å². The Kier molecular flexibility index (Phi) is 5.92. The van der Waals surface area contributed by atoms with Crippen molar-refractivity contribution in [2.45, 2.75) is 40.2 Å². The molecule has 0 saturated carbocycles. The highest BCUT2D eigenvalue weighted by Gasteiger charge is 2.19. The number of benzene rings is 1. The van der Waals surface area contributed by atoms with Gasteiger partial charge in [-0.25, -0.2) is 4.79 Å². The molecule has 140 valence electrons. The van der Waals surface area contributed by atoms with Crippen LogP contribution in [0.1, 0.15) is 40.9 Å². The number of anilines is 2. The fourth-order valence-electron chi connectivity index (χ4n) is 2.15. The standard InChI is InChI=1S/C19H24N2O4S/c1-11-9-16(26-12(11)2)17(22)20-15-10-13(24-6)7-8-14(15)21-18(23)25-19(3,4)5/h7-10H,1-6H3,(H,20,22)(H,21,23). The van der Waals surface area contributed by atoms with Gasteiger partial charge >= 0.3 is 6.09 Å². The Morgan fingerprint density at radius 2 is 1.73 bits per heavy atom. The Balaban J connectivity index is 2.24. The number of hydrogen-bond donors (Lipinski definition) is 2. The number of ether oxygens (including phenoxy) is 2. The van der Waals surface area contributed by atoms with Gasteiger partial charge in [-0.1, -0.05) is 0 Å². The van der Waals surface area contributed by atoms with Crippen molar-refractivity contribution < 1.29 is 19.1 Å². The summed E-state index contributed by atoms with van der Waals surface area (Å²) in [4.78, 5) is 26.3. The first-order chi connectivity index (χ1) is 12.1. The Morgan fingerprint density at radius 3 is 2.27 bits per heavy atom. The number of carbonyl (C=O) groups excluding carboxylic acids is 2. The predicted octanol–water partition coefficient (Wildman–Crippen LogP) is 4.97. The first-order valence-corrected chi connectivity index (χ1v) is 8.97. The van der Waals surface area contributed by atoms with Gasteiger partial charge in [-0.15, -0.1) is 11.3 Å². The molecular formula is C19H24N2O4S. The average Bonchev–Trinajstić information content (AvgIpc) is 2.86. The Labute approximate surface area is 157 Å². The van der Waals surface area contributed by atoms with Crippen molar-refractivity contribution in [3.8, 4) is 5.75 Å². The van der Waals surface area contributed by atoms with E-state index in [1.165, 1.54) is 18.4 Å². The third-order valence-corrected chi connectivity index (χ3v) is 4.65. The van der Waals surface area contributed by atoms with Crippen LogP contribution < -0.4 is 15.4 Å². The van der Waals surface area contributed by atoms with Crippen LogP contribution >= 0.6 is 11.3 Å². The van der Waals surface area contributed by atoms with Crippen LogP contribution in [0.25, 0.3) is 0 Å². The van der Waals surface area contributed by atoms with Gasteiger partial charge in [-0.2, -0.15) is 0 Å². The van der Waals surface area contributed by atoms with Crippen LogP contribution in [0, 0.1) is 13.8 Å². The smallest absolute Gasteiger partial charge is 0.412 e. The second-order valence-corrected chi connectivity index (χ2v) is 8.10. The monoisotopic (exact) mass is 376 g/mol. The largest absolute Gasteiger partial charge is 0.497 e. The molecule has 0 spiro atoms. The molecule has 0 atom stereocenters. The summed E-state index contributed by atoms with van der Waals surface area (Å²) in [7, 11) is 1.54. The molecule has 7 heteroatoms. The van der Waals surface area contributed by atoms with Gasteiger partial charge in [0.25, 0.3) is 5.91 Å². The quantitative estimate of drug-likeness (QED) is 0.789. The van der Waals surface area contributed by atoms with Crippen LogP contribution in [-0.2, 0) is 4.74 Å². The molecule has 1 aromatic carbocycles. The molecule has 2 N–H and O–H groups in total. The molecular weight excluding hydrogens is 352 g/mol. The van der Waals surface area contributed by atoms with Gasteiger partial charge in [0, 0.05) is 10.9 Å². The van der Waals surface area contributed by atoms with Crippen molar-refractivity contribution in [1.29, 1.82) is 0 Å². The molecule has 0 unspecified atom stereocenters. The minimum atomic E-state index is -0.619. The number of amides is 2. The lowest BCUT2D eigenvalue weighted by molar-refractivity contribution is 0.0635. The third-order valence-electron chi connectivity index (χ3n) is 3.50. The number of rotatable bonds is 4. The van der Waals surface area contributed by atoms with Crippen LogP contribution in [0.15, 0.2) is 24.3 Å².